The molecule has 0 amide bonds. The first-order chi connectivity index (χ1) is 5.57. The highest BCUT2D eigenvalue weighted by Gasteiger charge is 2.40. The molecular formula is C7H14O5. The second-order valence-corrected chi connectivity index (χ2v) is 3.09. The minimum absolute atomic E-state index is 0.276. The maximum absolute atomic E-state index is 9.32. The van der Waals surface area contributed by atoms with Crippen LogP contribution in [0.3, 0.4) is 0 Å². The van der Waals surface area contributed by atoms with Crippen molar-refractivity contribution >= 4 is 0 Å². The smallest absolute Gasteiger partial charge is 0.183 e. The van der Waals surface area contributed by atoms with E-state index < -0.39 is 24.6 Å². The van der Waals surface area contributed by atoms with Crippen LogP contribution in [0.1, 0.15) is 6.92 Å². The van der Waals surface area contributed by atoms with Gasteiger partial charge in [-0.15, -0.1) is 0 Å². The fourth-order valence-corrected chi connectivity index (χ4v) is 1.29. The summed E-state index contributed by atoms with van der Waals surface area (Å²) in [5.41, 5.74) is 0. The highest BCUT2D eigenvalue weighted by Crippen LogP contribution is 2.24. The van der Waals surface area contributed by atoms with Crippen LogP contribution >= 0.6 is 0 Å². The molecule has 0 saturated carbocycles. The molecule has 1 aliphatic heterocycles. The van der Waals surface area contributed by atoms with E-state index in [1.54, 1.807) is 6.92 Å². The molecule has 4 N–H and O–H groups in total. The zero-order chi connectivity index (χ0) is 9.30. The van der Waals surface area contributed by atoms with Crippen LogP contribution in [0, 0.1) is 5.92 Å². The van der Waals surface area contributed by atoms with Crippen LogP contribution in [0.2, 0.25) is 0 Å². The lowest BCUT2D eigenvalue weighted by Gasteiger charge is -2.38. The van der Waals surface area contributed by atoms with Crippen LogP contribution in [-0.4, -0.2) is 51.6 Å². The van der Waals surface area contributed by atoms with Crippen molar-refractivity contribution in [2.75, 3.05) is 6.61 Å². The molecule has 0 aromatic carbocycles. The fourth-order valence-electron chi connectivity index (χ4n) is 1.29. The Bertz CT molecular complexity index is 146. The molecule has 72 valence electrons. The molecule has 1 unspecified atom stereocenters. The van der Waals surface area contributed by atoms with E-state index >= 15 is 0 Å². The highest BCUT2D eigenvalue weighted by atomic mass is 16.6. The molecule has 0 aromatic heterocycles. The Morgan fingerprint density at radius 3 is 2.25 bits per heavy atom. The Morgan fingerprint density at radius 2 is 1.75 bits per heavy atom. The first-order valence-electron chi connectivity index (χ1n) is 3.88. The average molecular weight is 178 g/mol. The van der Waals surface area contributed by atoms with E-state index in [4.69, 9.17) is 20.1 Å². The van der Waals surface area contributed by atoms with Crippen molar-refractivity contribution in [1.29, 1.82) is 0 Å². The van der Waals surface area contributed by atoms with Gasteiger partial charge in [0, 0.05) is 5.92 Å². The second-order valence-electron chi connectivity index (χ2n) is 3.09. The average Bonchev–Trinajstić information content (AvgIpc) is 2.08. The molecule has 12 heavy (non-hydrogen) atoms. The number of hydrogen-bond acceptors (Lipinski definition) is 5. The van der Waals surface area contributed by atoms with E-state index in [1.807, 2.05) is 0 Å². The van der Waals surface area contributed by atoms with Crippen LogP contribution in [0.4, 0.5) is 0 Å². The lowest BCUT2D eigenvalue weighted by molar-refractivity contribution is -0.271. The zero-order valence-electron chi connectivity index (χ0n) is 6.79. The number of rotatable bonds is 1. The van der Waals surface area contributed by atoms with Gasteiger partial charge in [-0.3, -0.25) is 0 Å². The molecule has 0 aliphatic carbocycles. The number of aliphatic hydroxyl groups excluding tert-OH is 4. The van der Waals surface area contributed by atoms with Gasteiger partial charge >= 0.3 is 0 Å². The predicted molar refractivity (Wildman–Crippen MR) is 39.1 cm³/mol. The minimum atomic E-state index is -1.41. The summed E-state index contributed by atoms with van der Waals surface area (Å²) in [5, 5.41) is 36.2. The summed E-state index contributed by atoms with van der Waals surface area (Å²) in [6.45, 7) is 1.36. The summed E-state index contributed by atoms with van der Waals surface area (Å²) in [5.74, 6) is -0.381. The standard InChI is InChI=1S/C7H14O5/c1-3-4(2-8)12-7(11)6(10)5(3)9/h3-11H,2H2,1H3/t3-,4-,5-,6-,7?/m1/s1. The lowest BCUT2D eigenvalue weighted by Crippen LogP contribution is -2.54. The predicted octanol–water partition coefficient (Wildman–Crippen LogP) is -1.95. The molecule has 5 atom stereocenters. The number of aliphatic hydroxyl groups is 4. The summed E-state index contributed by atoms with van der Waals surface area (Å²) in [4.78, 5) is 0. The summed E-state index contributed by atoms with van der Waals surface area (Å²) in [6, 6.07) is 0. The maximum atomic E-state index is 9.32. The minimum Gasteiger partial charge on any atom is -0.394 e. The molecule has 1 saturated heterocycles. The van der Waals surface area contributed by atoms with Crippen LogP contribution in [0.25, 0.3) is 0 Å². The van der Waals surface area contributed by atoms with Gasteiger partial charge < -0.3 is 25.2 Å². The molecule has 5 heteroatoms. The van der Waals surface area contributed by atoms with Gasteiger partial charge in [0.15, 0.2) is 6.29 Å². The van der Waals surface area contributed by atoms with Crippen molar-refractivity contribution in [3.63, 3.8) is 0 Å². The SMILES string of the molecule is C[C@H]1[C@@H](O)[C@@H](O)C(O)O[C@@H]1CO. The molecule has 1 aliphatic rings. The Hall–Kier alpha value is -0.200. The van der Waals surface area contributed by atoms with E-state index in [0.29, 0.717) is 0 Å². The summed E-state index contributed by atoms with van der Waals surface area (Å²) >= 11 is 0. The molecular weight excluding hydrogens is 164 g/mol. The van der Waals surface area contributed by atoms with Crippen LogP contribution in [-0.2, 0) is 4.74 Å². The molecule has 5 nitrogen and oxygen atoms in total. The topological polar surface area (TPSA) is 90.2 Å². The van der Waals surface area contributed by atoms with Gasteiger partial charge in [-0.1, -0.05) is 6.92 Å². The Labute approximate surface area is 70.2 Å². The zero-order valence-corrected chi connectivity index (χ0v) is 6.79. The van der Waals surface area contributed by atoms with E-state index in [2.05, 4.69) is 0 Å². The van der Waals surface area contributed by atoms with E-state index in [-0.39, 0.29) is 12.5 Å². The Kier molecular flexibility index (Phi) is 3.03. The third-order valence-corrected chi connectivity index (χ3v) is 2.26. The third-order valence-electron chi connectivity index (χ3n) is 2.26. The molecule has 1 fully saturated rings. The van der Waals surface area contributed by atoms with Gasteiger partial charge in [-0.05, 0) is 0 Å². The monoisotopic (exact) mass is 178 g/mol. The molecule has 1 heterocycles. The van der Waals surface area contributed by atoms with Gasteiger partial charge in [-0.25, -0.2) is 0 Å². The van der Waals surface area contributed by atoms with Crippen LogP contribution in [0.5, 0.6) is 0 Å². The summed E-state index contributed by atoms with van der Waals surface area (Å²) in [6.07, 6.45) is -4.36. The number of hydrogen-bond donors (Lipinski definition) is 4. The van der Waals surface area contributed by atoms with Crippen molar-refractivity contribution < 1.29 is 25.2 Å². The molecule has 0 spiro atoms. The normalized spacial score (nSPS) is 49.2. The summed E-state index contributed by atoms with van der Waals surface area (Å²) in [7, 11) is 0. The van der Waals surface area contributed by atoms with Crippen molar-refractivity contribution in [3.05, 3.63) is 0 Å². The van der Waals surface area contributed by atoms with Crippen LogP contribution in [0.15, 0.2) is 0 Å². The molecule has 0 bridgehead atoms. The number of ether oxygens (including phenoxy) is 1. The van der Waals surface area contributed by atoms with Crippen molar-refractivity contribution in [2.45, 2.75) is 31.5 Å². The van der Waals surface area contributed by atoms with Gasteiger partial charge in [0.05, 0.1) is 18.8 Å². The van der Waals surface area contributed by atoms with E-state index in [0.717, 1.165) is 0 Å². The summed E-state index contributed by atoms with van der Waals surface area (Å²) < 4.78 is 4.83. The Morgan fingerprint density at radius 1 is 1.17 bits per heavy atom. The lowest BCUT2D eigenvalue weighted by atomic mass is 9.91. The largest absolute Gasteiger partial charge is 0.394 e. The van der Waals surface area contributed by atoms with Gasteiger partial charge in [0.1, 0.15) is 6.10 Å². The van der Waals surface area contributed by atoms with Crippen LogP contribution < -0.4 is 0 Å². The highest BCUT2D eigenvalue weighted by molar-refractivity contribution is 4.85. The van der Waals surface area contributed by atoms with Gasteiger partial charge in [0.2, 0.25) is 0 Å². The molecule has 0 aromatic rings. The fraction of sp³-hybridized carbons (Fsp3) is 1.00. The molecule has 1 rings (SSSR count). The van der Waals surface area contributed by atoms with Crippen molar-refractivity contribution in [3.8, 4) is 0 Å². The van der Waals surface area contributed by atoms with Gasteiger partial charge in [0.25, 0.3) is 0 Å². The first-order valence-corrected chi connectivity index (χ1v) is 3.88. The van der Waals surface area contributed by atoms with E-state index in [1.165, 1.54) is 0 Å². The van der Waals surface area contributed by atoms with Crippen molar-refractivity contribution in [2.24, 2.45) is 5.92 Å². The molecule has 0 radical (unpaired) electrons. The van der Waals surface area contributed by atoms with E-state index in [9.17, 15) is 5.11 Å². The van der Waals surface area contributed by atoms with Crippen molar-refractivity contribution in [1.82, 2.24) is 0 Å². The second kappa shape index (κ2) is 3.68. The maximum Gasteiger partial charge on any atom is 0.183 e. The van der Waals surface area contributed by atoms with Gasteiger partial charge in [-0.2, -0.15) is 0 Å². The quantitative estimate of drug-likeness (QED) is 0.375. The Balaban J connectivity index is 2.63. The third kappa shape index (κ3) is 1.60. The first kappa shape index (κ1) is 9.88.